The Kier molecular flexibility index (Phi) is 5.08. The second-order valence-corrected chi connectivity index (χ2v) is 9.68. The molecule has 10 heteroatoms. The van der Waals surface area contributed by atoms with Crippen LogP contribution in [0.5, 0.6) is 0 Å². The van der Waals surface area contributed by atoms with Crippen LogP contribution in [0.4, 0.5) is 5.69 Å². The highest BCUT2D eigenvalue weighted by Gasteiger charge is 2.18. The van der Waals surface area contributed by atoms with Gasteiger partial charge in [-0.1, -0.05) is 27.5 Å². The first kappa shape index (κ1) is 17.6. The minimum atomic E-state index is -3.99. The fraction of sp³-hybridized carbons (Fsp3) is 0. The van der Waals surface area contributed by atoms with Gasteiger partial charge in [-0.05, 0) is 42.5 Å². The van der Waals surface area contributed by atoms with Crippen molar-refractivity contribution in [2.75, 3.05) is 4.72 Å². The zero-order chi connectivity index (χ0) is 16.5. The summed E-state index contributed by atoms with van der Waals surface area (Å²) >= 11 is 9.02. The third kappa shape index (κ3) is 4.14. The second-order valence-electron chi connectivity index (χ2n) is 4.14. The van der Waals surface area contributed by atoms with E-state index >= 15 is 0 Å². The van der Waals surface area contributed by atoms with E-state index in [1.165, 1.54) is 24.3 Å². The van der Waals surface area contributed by atoms with Gasteiger partial charge in [-0.15, -0.1) is 0 Å². The predicted octanol–water partition coefficient (Wildman–Crippen LogP) is 3.83. The smallest absolute Gasteiger partial charge is 0.262 e. The van der Waals surface area contributed by atoms with Crippen molar-refractivity contribution in [1.82, 2.24) is 0 Å². The Morgan fingerprint density at radius 2 is 1.55 bits per heavy atom. The Labute approximate surface area is 145 Å². The largest absolute Gasteiger partial charge is 0.280 e. The fourth-order valence-electron chi connectivity index (χ4n) is 1.59. The summed E-state index contributed by atoms with van der Waals surface area (Å²) in [5.74, 6) is 0. The van der Waals surface area contributed by atoms with Gasteiger partial charge in [-0.3, -0.25) is 4.72 Å². The summed E-state index contributed by atoms with van der Waals surface area (Å²) in [6.45, 7) is 0. The van der Waals surface area contributed by atoms with Crippen molar-refractivity contribution in [3.8, 4) is 0 Å². The first-order valence-corrected chi connectivity index (χ1v) is 10.6. The summed E-state index contributed by atoms with van der Waals surface area (Å²) < 4.78 is 49.9. The number of rotatable bonds is 4. The number of halogens is 3. The highest BCUT2D eigenvalue weighted by atomic mass is 79.9. The van der Waals surface area contributed by atoms with E-state index in [4.69, 9.17) is 22.3 Å². The molecule has 2 rings (SSSR count). The monoisotopic (exact) mass is 443 g/mol. The van der Waals surface area contributed by atoms with E-state index in [2.05, 4.69) is 20.7 Å². The average molecular weight is 445 g/mol. The molecule has 0 aromatic heterocycles. The molecule has 0 bridgehead atoms. The van der Waals surface area contributed by atoms with Gasteiger partial charge in [-0.2, -0.15) is 0 Å². The van der Waals surface area contributed by atoms with Crippen LogP contribution in [-0.2, 0) is 19.1 Å². The lowest BCUT2D eigenvalue weighted by atomic mass is 10.3. The third-order valence-electron chi connectivity index (χ3n) is 2.57. The van der Waals surface area contributed by atoms with Gasteiger partial charge in [-0.25, -0.2) is 16.8 Å². The molecule has 0 aliphatic carbocycles. The number of sulfonamides is 1. The number of anilines is 1. The Balaban J connectivity index is 2.35. The van der Waals surface area contributed by atoms with Crippen molar-refractivity contribution in [1.29, 1.82) is 0 Å². The van der Waals surface area contributed by atoms with Gasteiger partial charge in [0.15, 0.2) is 0 Å². The third-order valence-corrected chi connectivity index (χ3v) is 6.30. The van der Waals surface area contributed by atoms with Gasteiger partial charge in [0.05, 0.1) is 15.6 Å². The summed E-state index contributed by atoms with van der Waals surface area (Å²) in [4.78, 5) is -0.233. The molecule has 2 aromatic rings. The first-order valence-electron chi connectivity index (χ1n) is 5.62. The maximum atomic E-state index is 12.2. The van der Waals surface area contributed by atoms with Crippen LogP contribution in [0.25, 0.3) is 0 Å². The van der Waals surface area contributed by atoms with Crippen LogP contribution >= 0.6 is 38.2 Å². The lowest BCUT2D eigenvalue weighted by molar-refractivity contribution is 0.601. The summed E-state index contributed by atoms with van der Waals surface area (Å²) in [6, 6.07) is 9.58. The van der Waals surface area contributed by atoms with E-state index in [9.17, 15) is 16.8 Å². The quantitative estimate of drug-likeness (QED) is 0.726. The van der Waals surface area contributed by atoms with E-state index in [0.717, 1.165) is 10.5 Å². The molecule has 5 nitrogen and oxygen atoms in total. The topological polar surface area (TPSA) is 80.3 Å². The van der Waals surface area contributed by atoms with Crippen molar-refractivity contribution in [3.05, 3.63) is 52.0 Å². The van der Waals surface area contributed by atoms with Crippen molar-refractivity contribution < 1.29 is 16.8 Å². The van der Waals surface area contributed by atoms with Crippen LogP contribution in [-0.4, -0.2) is 16.8 Å². The minimum absolute atomic E-state index is 0.0564. The lowest BCUT2D eigenvalue weighted by Crippen LogP contribution is -2.13. The number of hydrogen-bond donors (Lipinski definition) is 1. The van der Waals surface area contributed by atoms with Gasteiger partial charge < -0.3 is 0 Å². The van der Waals surface area contributed by atoms with E-state index < -0.39 is 19.1 Å². The minimum Gasteiger partial charge on any atom is -0.280 e. The second kappa shape index (κ2) is 6.37. The van der Waals surface area contributed by atoms with Crippen LogP contribution in [0.2, 0.25) is 5.02 Å². The maximum Gasteiger partial charge on any atom is 0.262 e. The summed E-state index contributed by atoms with van der Waals surface area (Å²) in [5.41, 5.74) is 0.122. The molecule has 0 aliphatic rings. The van der Waals surface area contributed by atoms with Gasteiger partial charge in [0.25, 0.3) is 19.1 Å². The molecule has 0 aliphatic heterocycles. The molecule has 0 fully saturated rings. The van der Waals surface area contributed by atoms with Gasteiger partial charge >= 0.3 is 0 Å². The normalized spacial score (nSPS) is 12.1. The van der Waals surface area contributed by atoms with Crippen molar-refractivity contribution in [3.63, 3.8) is 0 Å². The van der Waals surface area contributed by atoms with E-state index in [1.54, 1.807) is 12.1 Å². The summed E-state index contributed by atoms with van der Waals surface area (Å²) in [6.07, 6.45) is 0. The molecule has 0 radical (unpaired) electrons. The van der Waals surface area contributed by atoms with Gasteiger partial charge in [0, 0.05) is 15.2 Å². The molecule has 0 saturated carbocycles. The Morgan fingerprint density at radius 3 is 2.05 bits per heavy atom. The molecular formula is C12H8BrCl2NO4S2. The van der Waals surface area contributed by atoms with Crippen LogP contribution in [0, 0.1) is 0 Å². The van der Waals surface area contributed by atoms with Crippen molar-refractivity contribution >= 4 is 63.0 Å². The highest BCUT2D eigenvalue weighted by molar-refractivity contribution is 9.10. The molecule has 1 N–H and O–H groups in total. The van der Waals surface area contributed by atoms with E-state index in [-0.39, 0.29) is 20.5 Å². The van der Waals surface area contributed by atoms with Gasteiger partial charge in [0.1, 0.15) is 4.90 Å². The molecule has 2 aromatic carbocycles. The zero-order valence-corrected chi connectivity index (χ0v) is 15.4. The fourth-order valence-corrected chi connectivity index (χ4v) is 4.43. The molecule has 0 spiro atoms. The van der Waals surface area contributed by atoms with E-state index in [1.807, 2.05) is 0 Å². The van der Waals surface area contributed by atoms with Crippen LogP contribution < -0.4 is 4.72 Å². The molecule has 0 atom stereocenters. The van der Waals surface area contributed by atoms with E-state index in [0.29, 0.717) is 0 Å². The molecule has 22 heavy (non-hydrogen) atoms. The Hall–Kier alpha value is -0.800. The molecule has 0 saturated heterocycles. The number of benzene rings is 2. The lowest BCUT2D eigenvalue weighted by Gasteiger charge is -2.09. The average Bonchev–Trinajstić information content (AvgIpc) is 2.37. The summed E-state index contributed by atoms with van der Waals surface area (Å²) in [5, 5.41) is -0.175. The summed E-state index contributed by atoms with van der Waals surface area (Å²) in [7, 11) is -2.60. The standard InChI is InChI=1S/C12H8BrCl2NO4S2/c13-8-1-4-10(5-2-8)22(19,20)16-9-3-6-12(11(14)7-9)21(15,17)18/h1-7,16H. The maximum absolute atomic E-state index is 12.2. The molecular weight excluding hydrogens is 437 g/mol. The van der Waals surface area contributed by atoms with Crippen LogP contribution in [0.3, 0.4) is 0 Å². The molecule has 0 unspecified atom stereocenters. The molecule has 118 valence electrons. The van der Waals surface area contributed by atoms with Crippen molar-refractivity contribution in [2.45, 2.75) is 9.79 Å². The number of nitrogens with one attached hydrogen (secondary N) is 1. The number of hydrogen-bond acceptors (Lipinski definition) is 4. The Morgan fingerprint density at radius 1 is 0.955 bits per heavy atom. The SMILES string of the molecule is O=S(=O)(Cl)c1ccc(NS(=O)(=O)c2ccc(Br)cc2)cc1Cl. The van der Waals surface area contributed by atoms with Crippen molar-refractivity contribution in [2.24, 2.45) is 0 Å². The molecule has 0 amide bonds. The highest BCUT2D eigenvalue weighted by Crippen LogP contribution is 2.28. The predicted molar refractivity (Wildman–Crippen MR) is 89.4 cm³/mol. The van der Waals surface area contributed by atoms with Crippen LogP contribution in [0.1, 0.15) is 0 Å². The van der Waals surface area contributed by atoms with Gasteiger partial charge in [0.2, 0.25) is 0 Å². The molecule has 0 heterocycles. The first-order chi connectivity index (χ1) is 10.1. The Bertz CT molecular complexity index is 913. The van der Waals surface area contributed by atoms with Crippen LogP contribution in [0.15, 0.2) is 56.7 Å². The zero-order valence-electron chi connectivity index (χ0n) is 10.6.